The second-order valence-corrected chi connectivity index (χ2v) is 16.2. The zero-order valence-corrected chi connectivity index (χ0v) is 31.3. The maximum absolute atomic E-state index is 6.65. The standard InChI is InChI=1S/C45H46N6O/c1-29(2)30-23-37(45(6,7)8)42(48-27-30)50-28-49(39-17-12-21-47-43(39)50)32-13-11-14-33(25-32)52-34-18-19-36-35-15-9-10-16-38(35)51(40(36)26-34)41-24-31(20-22-46-41)44(3,4)5/h9-27,29H,28H2,1-8H3. The summed E-state index contributed by atoms with van der Waals surface area (Å²) < 4.78 is 8.90. The van der Waals surface area contributed by atoms with E-state index in [1.54, 1.807) is 0 Å². The van der Waals surface area contributed by atoms with Crippen LogP contribution in [-0.2, 0) is 10.8 Å². The van der Waals surface area contributed by atoms with Crippen LogP contribution < -0.4 is 14.5 Å². The molecule has 7 nitrogen and oxygen atoms in total. The van der Waals surface area contributed by atoms with E-state index >= 15 is 0 Å². The van der Waals surface area contributed by atoms with Crippen molar-refractivity contribution >= 4 is 44.8 Å². The summed E-state index contributed by atoms with van der Waals surface area (Å²) in [4.78, 5) is 19.3. The fourth-order valence-electron chi connectivity index (χ4n) is 7.16. The van der Waals surface area contributed by atoms with Gasteiger partial charge in [-0.2, -0.15) is 0 Å². The molecule has 7 heteroatoms. The van der Waals surface area contributed by atoms with E-state index in [0.29, 0.717) is 12.6 Å². The first-order chi connectivity index (χ1) is 24.9. The van der Waals surface area contributed by atoms with Crippen molar-refractivity contribution in [2.45, 2.75) is 72.1 Å². The summed E-state index contributed by atoms with van der Waals surface area (Å²) >= 11 is 0. The molecule has 8 rings (SSSR count). The highest BCUT2D eigenvalue weighted by Crippen LogP contribution is 2.46. The molecule has 4 aromatic heterocycles. The van der Waals surface area contributed by atoms with Gasteiger partial charge in [0.2, 0.25) is 0 Å². The summed E-state index contributed by atoms with van der Waals surface area (Å²) in [5.74, 6) is 4.64. The molecule has 1 aliphatic heterocycles. The quantitative estimate of drug-likeness (QED) is 0.174. The Morgan fingerprint density at radius 2 is 1.42 bits per heavy atom. The van der Waals surface area contributed by atoms with E-state index in [4.69, 9.17) is 19.7 Å². The first kappa shape index (κ1) is 33.5. The SMILES string of the molecule is CC(C)c1cnc(N2CN(c3cccc(Oc4ccc5c6ccccc6n(-c6cc(C(C)(C)C)ccn6)c5c4)c3)c3cccnc32)c(C(C)(C)C)c1. The normalized spacial score (nSPS) is 13.4. The lowest BCUT2D eigenvalue weighted by atomic mass is 9.85. The summed E-state index contributed by atoms with van der Waals surface area (Å²) in [7, 11) is 0. The summed E-state index contributed by atoms with van der Waals surface area (Å²) in [6.07, 6.45) is 5.79. The number of fused-ring (bicyclic) bond motifs is 4. The van der Waals surface area contributed by atoms with Crippen molar-refractivity contribution in [1.29, 1.82) is 0 Å². The highest BCUT2D eigenvalue weighted by Gasteiger charge is 2.34. The average molecular weight is 687 g/mol. The van der Waals surface area contributed by atoms with Crippen LogP contribution in [0.3, 0.4) is 0 Å². The van der Waals surface area contributed by atoms with E-state index in [1.807, 2.05) is 30.7 Å². The molecule has 0 atom stereocenters. The molecule has 0 spiro atoms. The van der Waals surface area contributed by atoms with Crippen LogP contribution in [0, 0.1) is 0 Å². The molecule has 0 saturated carbocycles. The van der Waals surface area contributed by atoms with Crippen LogP contribution in [0.2, 0.25) is 0 Å². The number of hydrogen-bond acceptors (Lipinski definition) is 6. The minimum atomic E-state index is -0.0956. The molecule has 0 bridgehead atoms. The van der Waals surface area contributed by atoms with Crippen LogP contribution in [0.15, 0.2) is 116 Å². The van der Waals surface area contributed by atoms with Crippen molar-refractivity contribution in [2.75, 3.05) is 16.5 Å². The van der Waals surface area contributed by atoms with E-state index in [-0.39, 0.29) is 10.8 Å². The molecule has 3 aromatic carbocycles. The number of pyridine rings is 3. The van der Waals surface area contributed by atoms with Crippen molar-refractivity contribution < 1.29 is 4.74 Å². The van der Waals surface area contributed by atoms with Gasteiger partial charge in [-0.25, -0.2) is 15.0 Å². The largest absolute Gasteiger partial charge is 0.457 e. The van der Waals surface area contributed by atoms with Crippen molar-refractivity contribution in [3.63, 3.8) is 0 Å². The van der Waals surface area contributed by atoms with Gasteiger partial charge >= 0.3 is 0 Å². The van der Waals surface area contributed by atoms with Gasteiger partial charge in [0.25, 0.3) is 0 Å². The van der Waals surface area contributed by atoms with Gasteiger partial charge in [0, 0.05) is 52.7 Å². The van der Waals surface area contributed by atoms with Crippen LogP contribution >= 0.6 is 0 Å². The van der Waals surface area contributed by atoms with Crippen LogP contribution in [0.25, 0.3) is 27.6 Å². The first-order valence-corrected chi connectivity index (χ1v) is 18.2. The molecule has 7 aromatic rings. The maximum Gasteiger partial charge on any atom is 0.159 e. The Labute approximate surface area is 306 Å². The molecule has 0 saturated heterocycles. The second-order valence-electron chi connectivity index (χ2n) is 16.2. The minimum Gasteiger partial charge on any atom is -0.457 e. The van der Waals surface area contributed by atoms with E-state index in [2.05, 4.69) is 155 Å². The third-order valence-corrected chi connectivity index (χ3v) is 10.1. The highest BCUT2D eigenvalue weighted by molar-refractivity contribution is 6.09. The number of ether oxygens (including phenoxy) is 1. The molecule has 0 N–H and O–H groups in total. The number of anilines is 4. The predicted octanol–water partition coefficient (Wildman–Crippen LogP) is 11.7. The van der Waals surface area contributed by atoms with Crippen molar-refractivity contribution in [2.24, 2.45) is 0 Å². The first-order valence-electron chi connectivity index (χ1n) is 18.2. The number of benzene rings is 3. The number of rotatable bonds is 6. The Bertz CT molecular complexity index is 2450. The predicted molar refractivity (Wildman–Crippen MR) is 214 cm³/mol. The van der Waals surface area contributed by atoms with Gasteiger partial charge in [-0.3, -0.25) is 9.47 Å². The average Bonchev–Trinajstić information content (AvgIpc) is 3.67. The third-order valence-electron chi connectivity index (χ3n) is 10.1. The fourth-order valence-corrected chi connectivity index (χ4v) is 7.16. The highest BCUT2D eigenvalue weighted by atomic mass is 16.5. The molecule has 0 radical (unpaired) electrons. The smallest absolute Gasteiger partial charge is 0.159 e. The van der Waals surface area contributed by atoms with Crippen molar-refractivity contribution in [1.82, 2.24) is 19.5 Å². The zero-order chi connectivity index (χ0) is 36.4. The number of nitrogens with zero attached hydrogens (tertiary/aromatic N) is 6. The number of hydrogen-bond donors (Lipinski definition) is 0. The Kier molecular flexibility index (Phi) is 8.05. The third kappa shape index (κ3) is 5.94. The molecule has 0 fully saturated rings. The van der Waals surface area contributed by atoms with E-state index in [1.165, 1.54) is 22.1 Å². The fraction of sp³-hybridized carbons (Fsp3) is 0.267. The second kappa shape index (κ2) is 12.5. The lowest BCUT2D eigenvalue weighted by Gasteiger charge is -2.28. The summed E-state index contributed by atoms with van der Waals surface area (Å²) in [5, 5.41) is 2.34. The van der Waals surface area contributed by atoms with Gasteiger partial charge in [-0.05, 0) is 88.5 Å². The van der Waals surface area contributed by atoms with E-state index in [0.717, 1.165) is 56.7 Å². The van der Waals surface area contributed by atoms with Crippen molar-refractivity contribution in [3.05, 3.63) is 132 Å². The molecule has 0 aliphatic carbocycles. The zero-order valence-electron chi connectivity index (χ0n) is 31.3. The monoisotopic (exact) mass is 686 g/mol. The van der Waals surface area contributed by atoms with Crippen molar-refractivity contribution in [3.8, 4) is 17.3 Å². The van der Waals surface area contributed by atoms with Crippen LogP contribution in [-0.4, -0.2) is 26.2 Å². The Morgan fingerprint density at radius 1 is 0.635 bits per heavy atom. The van der Waals surface area contributed by atoms with Gasteiger partial charge in [0.05, 0.1) is 16.7 Å². The Balaban J connectivity index is 1.15. The number of para-hydroxylation sites is 1. The Hall–Kier alpha value is -5.69. The molecule has 0 unspecified atom stereocenters. The summed E-state index contributed by atoms with van der Waals surface area (Å²) in [6.45, 7) is 18.5. The lowest BCUT2D eigenvalue weighted by Crippen LogP contribution is -2.28. The molecule has 1 aliphatic rings. The Morgan fingerprint density at radius 3 is 2.21 bits per heavy atom. The van der Waals surface area contributed by atoms with Crippen LogP contribution in [0.1, 0.15) is 78.0 Å². The molecule has 52 heavy (non-hydrogen) atoms. The molecule has 262 valence electrons. The molecule has 0 amide bonds. The maximum atomic E-state index is 6.65. The summed E-state index contributed by atoms with van der Waals surface area (Å²) in [5.41, 5.74) is 7.81. The topological polar surface area (TPSA) is 59.3 Å². The summed E-state index contributed by atoms with van der Waals surface area (Å²) in [6, 6.07) is 33.9. The molecular formula is C45H46N6O. The van der Waals surface area contributed by atoms with Crippen LogP contribution in [0.5, 0.6) is 11.5 Å². The van der Waals surface area contributed by atoms with Gasteiger partial charge in [0.1, 0.15) is 29.8 Å². The lowest BCUT2D eigenvalue weighted by molar-refractivity contribution is 0.483. The van der Waals surface area contributed by atoms with Gasteiger partial charge in [-0.1, -0.05) is 79.7 Å². The van der Waals surface area contributed by atoms with Gasteiger partial charge < -0.3 is 9.64 Å². The van der Waals surface area contributed by atoms with E-state index < -0.39 is 0 Å². The van der Waals surface area contributed by atoms with Gasteiger partial charge in [0.15, 0.2) is 5.82 Å². The molecule has 5 heterocycles. The molecular weight excluding hydrogens is 641 g/mol. The van der Waals surface area contributed by atoms with Crippen LogP contribution in [0.4, 0.5) is 23.0 Å². The van der Waals surface area contributed by atoms with E-state index in [9.17, 15) is 0 Å². The minimum absolute atomic E-state index is 0.00245. The van der Waals surface area contributed by atoms with Gasteiger partial charge in [-0.15, -0.1) is 0 Å². The number of aromatic nitrogens is 4.